The fourth-order valence-electron chi connectivity index (χ4n) is 2.78. The molecular formula is C23H37N3O4S. The number of rotatable bonds is 9. The maximum atomic E-state index is 11.8. The van der Waals surface area contributed by atoms with Crippen LogP contribution in [0.25, 0.3) is 0 Å². The lowest BCUT2D eigenvalue weighted by Crippen LogP contribution is -2.28. The van der Waals surface area contributed by atoms with Gasteiger partial charge < -0.3 is 10.0 Å². The van der Waals surface area contributed by atoms with Gasteiger partial charge in [-0.2, -0.15) is 0 Å². The third-order valence-electron chi connectivity index (χ3n) is 4.36. The van der Waals surface area contributed by atoms with Crippen LogP contribution in [0.1, 0.15) is 69.3 Å². The van der Waals surface area contributed by atoms with E-state index in [9.17, 15) is 18.3 Å². The van der Waals surface area contributed by atoms with Gasteiger partial charge in [-0.15, -0.1) is 0 Å². The highest BCUT2D eigenvalue weighted by molar-refractivity contribution is 7.89. The molecule has 1 aromatic carbocycles. The standard InChI is InChI=1S/C16H26N2O4S.C5H5N.C2H6/c1-4-6-8-18(9-7-5-2)14-10-13(16(19)20)11-15(12(14)3)23(17,21)22;1-2-4-6-5-3-1;1-2/h10-11H,4-9H2,1-3H3,(H,19,20)(H2,17,21,22);1-5H;1-2H3. The van der Waals surface area contributed by atoms with Gasteiger partial charge in [0, 0.05) is 31.2 Å². The molecule has 7 nitrogen and oxygen atoms in total. The van der Waals surface area contributed by atoms with Crippen molar-refractivity contribution in [2.24, 2.45) is 5.14 Å². The summed E-state index contributed by atoms with van der Waals surface area (Å²) in [5.41, 5.74) is 1.08. The Morgan fingerprint density at radius 2 is 1.55 bits per heavy atom. The number of aromatic carboxylic acids is 1. The third-order valence-corrected chi connectivity index (χ3v) is 5.39. The SMILES string of the molecule is CC.CCCCN(CCCC)c1cc(C(=O)O)cc(S(N)(=O)=O)c1C.c1ccncc1. The summed E-state index contributed by atoms with van der Waals surface area (Å²) in [4.78, 5) is 17.1. The Balaban J connectivity index is 0.000000945. The predicted molar refractivity (Wildman–Crippen MR) is 127 cm³/mol. The molecule has 0 aliphatic heterocycles. The molecule has 0 spiro atoms. The van der Waals surface area contributed by atoms with Gasteiger partial charge in [-0.25, -0.2) is 18.4 Å². The van der Waals surface area contributed by atoms with E-state index < -0.39 is 16.0 Å². The maximum Gasteiger partial charge on any atom is 0.335 e. The van der Waals surface area contributed by atoms with Crippen molar-refractivity contribution in [2.45, 2.75) is 65.2 Å². The molecule has 1 heterocycles. The predicted octanol–water partition coefficient (Wildman–Crippen LogP) is 4.86. The van der Waals surface area contributed by atoms with Crippen LogP contribution in [-0.2, 0) is 10.0 Å². The van der Waals surface area contributed by atoms with Crippen molar-refractivity contribution in [1.29, 1.82) is 0 Å². The molecule has 3 N–H and O–H groups in total. The second-order valence-corrected chi connectivity index (χ2v) is 8.22. The molecule has 1 aromatic heterocycles. The Bertz CT molecular complexity index is 837. The zero-order valence-electron chi connectivity index (χ0n) is 19.3. The second-order valence-electron chi connectivity index (χ2n) is 6.69. The van der Waals surface area contributed by atoms with Crippen LogP contribution < -0.4 is 10.0 Å². The van der Waals surface area contributed by atoms with Gasteiger partial charge in [0.05, 0.1) is 10.5 Å². The van der Waals surface area contributed by atoms with Gasteiger partial charge in [-0.05, 0) is 49.6 Å². The number of anilines is 1. The van der Waals surface area contributed by atoms with Crippen molar-refractivity contribution in [1.82, 2.24) is 4.98 Å². The molecule has 8 heteroatoms. The van der Waals surface area contributed by atoms with Crippen molar-refractivity contribution in [3.8, 4) is 0 Å². The van der Waals surface area contributed by atoms with Crippen molar-refractivity contribution < 1.29 is 18.3 Å². The zero-order chi connectivity index (χ0) is 23.9. The number of unbranched alkanes of at least 4 members (excludes halogenated alkanes) is 2. The number of nitrogens with two attached hydrogens (primary N) is 1. The first kappa shape index (κ1) is 28.5. The summed E-state index contributed by atoms with van der Waals surface area (Å²) in [5, 5.41) is 14.5. The van der Waals surface area contributed by atoms with Gasteiger partial charge >= 0.3 is 5.97 Å². The fourth-order valence-corrected chi connectivity index (χ4v) is 3.61. The molecule has 0 saturated carbocycles. The Kier molecular flexibility index (Phi) is 14.2. The van der Waals surface area contributed by atoms with E-state index in [1.807, 2.05) is 32.0 Å². The molecule has 0 amide bonds. The van der Waals surface area contributed by atoms with Crippen LogP contribution in [0.2, 0.25) is 0 Å². The third kappa shape index (κ3) is 10.4. The first-order valence-electron chi connectivity index (χ1n) is 10.7. The van der Waals surface area contributed by atoms with Crippen LogP contribution in [0.5, 0.6) is 0 Å². The molecule has 0 unspecified atom stereocenters. The highest BCUT2D eigenvalue weighted by Crippen LogP contribution is 2.29. The number of benzene rings is 1. The van der Waals surface area contributed by atoms with Crippen LogP contribution in [0.4, 0.5) is 5.69 Å². The normalized spacial score (nSPS) is 10.3. The number of hydrogen-bond acceptors (Lipinski definition) is 5. The first-order chi connectivity index (χ1) is 14.7. The number of carbonyl (C=O) groups is 1. The van der Waals surface area contributed by atoms with Crippen LogP contribution in [0.3, 0.4) is 0 Å². The average Bonchev–Trinajstić information content (AvgIpc) is 2.76. The second kappa shape index (κ2) is 15.4. The molecular weight excluding hydrogens is 414 g/mol. The highest BCUT2D eigenvalue weighted by Gasteiger charge is 2.21. The van der Waals surface area contributed by atoms with Crippen LogP contribution >= 0.6 is 0 Å². The lowest BCUT2D eigenvalue weighted by Gasteiger charge is -2.27. The Morgan fingerprint density at radius 3 is 1.87 bits per heavy atom. The van der Waals surface area contributed by atoms with Gasteiger partial charge in [-0.1, -0.05) is 46.6 Å². The summed E-state index contributed by atoms with van der Waals surface area (Å²) in [5.74, 6) is -1.16. The van der Waals surface area contributed by atoms with Crippen LogP contribution in [-0.4, -0.2) is 37.6 Å². The first-order valence-corrected chi connectivity index (χ1v) is 12.3. The number of aromatic nitrogens is 1. The Labute approximate surface area is 187 Å². The smallest absolute Gasteiger partial charge is 0.335 e. The van der Waals surface area contributed by atoms with E-state index in [0.29, 0.717) is 11.3 Å². The van der Waals surface area contributed by atoms with E-state index in [1.165, 1.54) is 6.07 Å². The fraction of sp³-hybridized carbons (Fsp3) is 0.478. The van der Waals surface area contributed by atoms with Gasteiger partial charge in [0.2, 0.25) is 10.0 Å². The van der Waals surface area contributed by atoms with Gasteiger partial charge in [0.15, 0.2) is 0 Å². The minimum atomic E-state index is -3.98. The largest absolute Gasteiger partial charge is 0.478 e. The molecule has 0 atom stereocenters. The molecule has 0 bridgehead atoms. The summed E-state index contributed by atoms with van der Waals surface area (Å²) in [7, 11) is -3.98. The van der Waals surface area contributed by atoms with Crippen molar-refractivity contribution in [3.63, 3.8) is 0 Å². The summed E-state index contributed by atoms with van der Waals surface area (Å²) < 4.78 is 23.6. The van der Waals surface area contributed by atoms with Crippen molar-refractivity contribution >= 4 is 21.7 Å². The Morgan fingerprint density at radius 1 is 1.03 bits per heavy atom. The number of primary sulfonamides is 1. The van der Waals surface area contributed by atoms with Crippen molar-refractivity contribution in [2.75, 3.05) is 18.0 Å². The summed E-state index contributed by atoms with van der Waals surface area (Å²) in [6, 6.07) is 8.39. The number of sulfonamides is 1. The van der Waals surface area contributed by atoms with E-state index in [4.69, 9.17) is 5.14 Å². The van der Waals surface area contributed by atoms with E-state index in [-0.39, 0.29) is 10.5 Å². The van der Waals surface area contributed by atoms with E-state index >= 15 is 0 Å². The van der Waals surface area contributed by atoms with Gasteiger partial charge in [-0.3, -0.25) is 4.98 Å². The van der Waals surface area contributed by atoms with Crippen LogP contribution in [0, 0.1) is 6.92 Å². The topological polar surface area (TPSA) is 114 Å². The number of pyridine rings is 1. The minimum absolute atomic E-state index is 0.0624. The van der Waals surface area contributed by atoms with E-state index in [1.54, 1.807) is 19.3 Å². The van der Waals surface area contributed by atoms with Crippen LogP contribution in [0.15, 0.2) is 47.6 Å². The molecule has 31 heavy (non-hydrogen) atoms. The molecule has 2 aromatic rings. The summed E-state index contributed by atoms with van der Waals surface area (Å²) in [6.07, 6.45) is 7.40. The lowest BCUT2D eigenvalue weighted by atomic mass is 10.1. The molecule has 174 valence electrons. The minimum Gasteiger partial charge on any atom is -0.478 e. The quantitative estimate of drug-likeness (QED) is 0.563. The number of hydrogen-bond donors (Lipinski definition) is 2. The number of carboxylic acid groups (broad SMARTS) is 1. The molecule has 2 rings (SSSR count). The lowest BCUT2D eigenvalue weighted by molar-refractivity contribution is 0.0696. The number of nitrogens with zero attached hydrogens (tertiary/aromatic N) is 2. The maximum absolute atomic E-state index is 11.8. The Hall–Kier alpha value is -2.45. The van der Waals surface area contributed by atoms with E-state index in [0.717, 1.165) is 44.8 Å². The highest BCUT2D eigenvalue weighted by atomic mass is 32.2. The van der Waals surface area contributed by atoms with E-state index in [2.05, 4.69) is 23.7 Å². The molecule has 0 fully saturated rings. The summed E-state index contributed by atoms with van der Waals surface area (Å²) >= 11 is 0. The molecule has 0 saturated heterocycles. The van der Waals surface area contributed by atoms with Gasteiger partial charge in [0.1, 0.15) is 0 Å². The molecule has 0 aliphatic rings. The number of carboxylic acids is 1. The monoisotopic (exact) mass is 451 g/mol. The van der Waals surface area contributed by atoms with Crippen molar-refractivity contribution in [3.05, 3.63) is 53.9 Å². The molecule has 0 radical (unpaired) electrons. The average molecular weight is 452 g/mol. The summed E-state index contributed by atoms with van der Waals surface area (Å²) in [6.45, 7) is 11.3. The van der Waals surface area contributed by atoms with Gasteiger partial charge in [0.25, 0.3) is 0 Å². The molecule has 0 aliphatic carbocycles. The zero-order valence-corrected chi connectivity index (χ0v) is 20.2.